The zero-order valence-corrected chi connectivity index (χ0v) is 21.5. The van der Waals surface area contributed by atoms with Crippen molar-refractivity contribution < 1.29 is 13.5 Å². The molecule has 6 nitrogen and oxygen atoms in total. The van der Waals surface area contributed by atoms with Crippen LogP contribution in [0.5, 0.6) is 5.75 Å². The average Bonchev–Trinajstić information content (AvgIpc) is 2.70. The molecule has 8 heteroatoms. The molecule has 0 bridgehead atoms. The van der Waals surface area contributed by atoms with Crippen LogP contribution in [0.1, 0.15) is 47.6 Å². The summed E-state index contributed by atoms with van der Waals surface area (Å²) in [4.78, 5) is 4.99. The van der Waals surface area contributed by atoms with Gasteiger partial charge in [-0.3, -0.25) is 0 Å². The standard InChI is InChI=1S/C23H31N3O3S.HI/c1-4-24-23(25-14-17-9-12-22(16(2)13-17)30(3,28)29)26-15-20-19-8-6-5-7-18(19)10-11-21(20)27;/h9-13,27H,4-8,14-15H2,1-3H3,(H2,24,25,26);1H. The Kier molecular flexibility index (Phi) is 9.17. The molecule has 31 heavy (non-hydrogen) atoms. The largest absolute Gasteiger partial charge is 0.508 e. The van der Waals surface area contributed by atoms with Gasteiger partial charge in [-0.05, 0) is 73.9 Å². The third kappa shape index (κ3) is 6.58. The van der Waals surface area contributed by atoms with Crippen LogP contribution in [0.2, 0.25) is 0 Å². The molecule has 0 spiro atoms. The summed E-state index contributed by atoms with van der Waals surface area (Å²) in [5, 5.41) is 17.0. The van der Waals surface area contributed by atoms with Gasteiger partial charge in [-0.1, -0.05) is 18.2 Å². The van der Waals surface area contributed by atoms with Crippen LogP contribution < -0.4 is 10.6 Å². The van der Waals surface area contributed by atoms with Crippen molar-refractivity contribution in [3.05, 3.63) is 58.1 Å². The number of nitrogens with zero attached hydrogens (tertiary/aromatic N) is 1. The fourth-order valence-corrected chi connectivity index (χ4v) is 4.96. The monoisotopic (exact) mass is 557 g/mol. The summed E-state index contributed by atoms with van der Waals surface area (Å²) in [5.41, 5.74) is 5.21. The first-order valence-electron chi connectivity index (χ1n) is 10.4. The summed E-state index contributed by atoms with van der Waals surface area (Å²) >= 11 is 0. The molecule has 0 amide bonds. The van der Waals surface area contributed by atoms with E-state index in [0.29, 0.717) is 29.7 Å². The number of aryl methyl sites for hydroxylation is 2. The Hall–Kier alpha value is -1.81. The number of rotatable bonds is 6. The van der Waals surface area contributed by atoms with Gasteiger partial charge in [-0.2, -0.15) is 0 Å². The van der Waals surface area contributed by atoms with E-state index >= 15 is 0 Å². The van der Waals surface area contributed by atoms with Gasteiger partial charge >= 0.3 is 0 Å². The molecule has 2 aromatic carbocycles. The number of hydrogen-bond acceptors (Lipinski definition) is 4. The number of sulfone groups is 1. The normalized spacial score (nSPS) is 13.8. The van der Waals surface area contributed by atoms with E-state index in [1.165, 1.54) is 23.8 Å². The Morgan fingerprint density at radius 1 is 1.13 bits per heavy atom. The quantitative estimate of drug-likeness (QED) is 0.285. The lowest BCUT2D eigenvalue weighted by molar-refractivity contribution is 0.464. The highest BCUT2D eigenvalue weighted by atomic mass is 127. The minimum atomic E-state index is -3.23. The zero-order chi connectivity index (χ0) is 21.7. The highest BCUT2D eigenvalue weighted by molar-refractivity contribution is 14.0. The Balaban J connectivity index is 0.00000341. The van der Waals surface area contributed by atoms with E-state index in [1.807, 2.05) is 19.1 Å². The molecule has 3 N–H and O–H groups in total. The number of phenolic OH excluding ortho intramolecular Hbond substituents is 1. The molecular weight excluding hydrogens is 525 g/mol. The van der Waals surface area contributed by atoms with Crippen LogP contribution in [0, 0.1) is 6.92 Å². The molecule has 1 aliphatic rings. The van der Waals surface area contributed by atoms with E-state index in [4.69, 9.17) is 0 Å². The van der Waals surface area contributed by atoms with Crippen LogP contribution in [-0.4, -0.2) is 32.3 Å². The van der Waals surface area contributed by atoms with Gasteiger partial charge < -0.3 is 15.7 Å². The summed E-state index contributed by atoms with van der Waals surface area (Å²) in [6, 6.07) is 9.13. The molecule has 0 saturated carbocycles. The van der Waals surface area contributed by atoms with E-state index < -0.39 is 9.84 Å². The Morgan fingerprint density at radius 3 is 2.55 bits per heavy atom. The second-order valence-electron chi connectivity index (χ2n) is 7.83. The molecule has 0 saturated heterocycles. The molecule has 3 rings (SSSR count). The van der Waals surface area contributed by atoms with Crippen molar-refractivity contribution in [2.75, 3.05) is 12.8 Å². The average molecular weight is 557 g/mol. The minimum Gasteiger partial charge on any atom is -0.508 e. The van der Waals surface area contributed by atoms with Crippen LogP contribution in [0.3, 0.4) is 0 Å². The van der Waals surface area contributed by atoms with E-state index in [1.54, 1.807) is 25.1 Å². The highest BCUT2D eigenvalue weighted by Crippen LogP contribution is 2.30. The number of halogens is 1. The number of fused-ring (bicyclic) bond motifs is 1. The van der Waals surface area contributed by atoms with E-state index in [-0.39, 0.29) is 24.0 Å². The predicted octanol–water partition coefficient (Wildman–Crippen LogP) is 3.86. The maximum absolute atomic E-state index is 11.8. The lowest BCUT2D eigenvalue weighted by Crippen LogP contribution is -2.37. The van der Waals surface area contributed by atoms with Gasteiger partial charge in [0.15, 0.2) is 15.8 Å². The molecule has 0 atom stereocenters. The first-order valence-corrected chi connectivity index (χ1v) is 12.3. The summed E-state index contributed by atoms with van der Waals surface area (Å²) in [6.07, 6.45) is 5.64. The Labute approximate surface area is 202 Å². The van der Waals surface area contributed by atoms with Gasteiger partial charge in [0.1, 0.15) is 5.75 Å². The number of aliphatic imine (C=N–C) groups is 1. The van der Waals surface area contributed by atoms with Gasteiger partial charge in [0.25, 0.3) is 0 Å². The molecule has 0 fully saturated rings. The highest BCUT2D eigenvalue weighted by Gasteiger charge is 2.16. The van der Waals surface area contributed by atoms with Gasteiger partial charge in [0.2, 0.25) is 0 Å². The summed E-state index contributed by atoms with van der Waals surface area (Å²) < 4.78 is 23.6. The molecular formula is C23H32IN3O3S. The van der Waals surface area contributed by atoms with Crippen LogP contribution in [-0.2, 0) is 35.8 Å². The SMILES string of the molecule is CCNC(=NCc1ccc(S(C)(=O)=O)c(C)c1)NCc1c(O)ccc2c1CCCC2.I. The molecule has 2 aromatic rings. The summed E-state index contributed by atoms with van der Waals surface area (Å²) in [7, 11) is -3.23. The molecule has 170 valence electrons. The van der Waals surface area contributed by atoms with Crippen LogP contribution in [0.15, 0.2) is 40.2 Å². The molecule has 0 aromatic heterocycles. The second-order valence-corrected chi connectivity index (χ2v) is 9.81. The molecule has 0 aliphatic heterocycles. The topological polar surface area (TPSA) is 90.8 Å². The van der Waals surface area contributed by atoms with Crippen molar-refractivity contribution >= 4 is 39.8 Å². The fourth-order valence-electron chi connectivity index (χ4n) is 4.00. The summed E-state index contributed by atoms with van der Waals surface area (Å²) in [6.45, 7) is 5.46. The smallest absolute Gasteiger partial charge is 0.191 e. The number of aromatic hydroxyl groups is 1. The fraction of sp³-hybridized carbons (Fsp3) is 0.435. The van der Waals surface area contributed by atoms with E-state index in [0.717, 1.165) is 42.5 Å². The lowest BCUT2D eigenvalue weighted by atomic mass is 9.88. The molecule has 0 unspecified atom stereocenters. The van der Waals surface area contributed by atoms with Crippen molar-refractivity contribution in [1.82, 2.24) is 10.6 Å². The molecule has 0 radical (unpaired) electrons. The van der Waals surface area contributed by atoms with Crippen molar-refractivity contribution in [3.8, 4) is 5.75 Å². The third-order valence-electron chi connectivity index (χ3n) is 5.46. The number of benzene rings is 2. The van der Waals surface area contributed by atoms with Crippen LogP contribution >= 0.6 is 24.0 Å². The Morgan fingerprint density at radius 2 is 1.87 bits per heavy atom. The lowest BCUT2D eigenvalue weighted by Gasteiger charge is -2.21. The van der Waals surface area contributed by atoms with Crippen molar-refractivity contribution in [3.63, 3.8) is 0 Å². The van der Waals surface area contributed by atoms with Crippen LogP contribution in [0.4, 0.5) is 0 Å². The predicted molar refractivity (Wildman–Crippen MR) is 136 cm³/mol. The zero-order valence-electron chi connectivity index (χ0n) is 18.4. The van der Waals surface area contributed by atoms with Gasteiger partial charge in [0.05, 0.1) is 11.4 Å². The van der Waals surface area contributed by atoms with E-state index in [2.05, 4.69) is 15.6 Å². The minimum absolute atomic E-state index is 0. The number of phenols is 1. The molecule has 0 heterocycles. The van der Waals surface area contributed by atoms with Gasteiger partial charge in [0, 0.05) is 24.9 Å². The first-order chi connectivity index (χ1) is 14.3. The van der Waals surface area contributed by atoms with Crippen LogP contribution in [0.25, 0.3) is 0 Å². The van der Waals surface area contributed by atoms with Gasteiger partial charge in [-0.15, -0.1) is 24.0 Å². The maximum Gasteiger partial charge on any atom is 0.191 e. The number of nitrogens with one attached hydrogen (secondary N) is 2. The second kappa shape index (κ2) is 11.2. The Bertz CT molecular complexity index is 1050. The van der Waals surface area contributed by atoms with Gasteiger partial charge in [-0.25, -0.2) is 13.4 Å². The first kappa shape index (κ1) is 25.5. The van der Waals surface area contributed by atoms with Crippen molar-refractivity contribution in [1.29, 1.82) is 0 Å². The maximum atomic E-state index is 11.8. The van der Waals surface area contributed by atoms with E-state index in [9.17, 15) is 13.5 Å². The van der Waals surface area contributed by atoms with Crippen molar-refractivity contribution in [2.45, 2.75) is 57.5 Å². The summed E-state index contributed by atoms with van der Waals surface area (Å²) in [5.74, 6) is 0.987. The molecule has 1 aliphatic carbocycles. The van der Waals surface area contributed by atoms with Crippen molar-refractivity contribution in [2.24, 2.45) is 4.99 Å². The number of hydrogen-bond donors (Lipinski definition) is 3. The third-order valence-corrected chi connectivity index (χ3v) is 6.72. The number of guanidine groups is 1.